The number of hydrogen-bond acceptors (Lipinski definition) is 3. The van der Waals surface area contributed by atoms with Crippen molar-refractivity contribution in [1.82, 2.24) is 10.0 Å². The number of rotatable bonds is 7. The number of halogens is 3. The average molecular weight is 400 g/mol. The van der Waals surface area contributed by atoms with E-state index in [0.717, 1.165) is 23.8 Å². The minimum absolute atomic E-state index is 0.0234. The fourth-order valence-electron chi connectivity index (χ4n) is 2.31. The van der Waals surface area contributed by atoms with E-state index in [9.17, 15) is 26.4 Å². The summed E-state index contributed by atoms with van der Waals surface area (Å²) in [5.74, 6) is -0.552. The highest BCUT2D eigenvalue weighted by Gasteiger charge is 2.31. The van der Waals surface area contributed by atoms with E-state index >= 15 is 0 Å². The van der Waals surface area contributed by atoms with Gasteiger partial charge < -0.3 is 5.32 Å². The number of alkyl halides is 3. The molecule has 2 aromatic rings. The Bertz CT molecular complexity index is 884. The van der Waals surface area contributed by atoms with Crippen LogP contribution in [0, 0.1) is 0 Å². The van der Waals surface area contributed by atoms with E-state index in [4.69, 9.17) is 0 Å². The first-order valence-electron chi connectivity index (χ1n) is 8.08. The zero-order chi connectivity index (χ0) is 20.1. The molecule has 5 nitrogen and oxygen atoms in total. The number of amides is 1. The lowest BCUT2D eigenvalue weighted by Crippen LogP contribution is -2.38. The number of sulfonamides is 1. The Morgan fingerprint density at radius 1 is 1.07 bits per heavy atom. The molecular weight excluding hydrogens is 381 g/mol. The van der Waals surface area contributed by atoms with Gasteiger partial charge in [0.25, 0.3) is 0 Å². The number of nitrogens with one attached hydrogen (secondary N) is 2. The SMILES string of the molecule is CC(CNC(=O)CNS(=O)(=O)c1cccc(C(F)(F)F)c1)c1ccccc1. The van der Waals surface area contributed by atoms with E-state index in [1.165, 1.54) is 0 Å². The molecule has 1 unspecified atom stereocenters. The first-order chi connectivity index (χ1) is 12.6. The summed E-state index contributed by atoms with van der Waals surface area (Å²) in [5, 5.41) is 2.59. The maximum absolute atomic E-state index is 12.7. The lowest BCUT2D eigenvalue weighted by Gasteiger charge is -2.14. The van der Waals surface area contributed by atoms with E-state index in [-0.39, 0.29) is 5.92 Å². The second-order valence-corrected chi connectivity index (χ2v) is 7.73. The molecule has 2 rings (SSSR count). The molecule has 0 aliphatic carbocycles. The van der Waals surface area contributed by atoms with Crippen LogP contribution >= 0.6 is 0 Å². The van der Waals surface area contributed by atoms with Crippen LogP contribution in [0.25, 0.3) is 0 Å². The van der Waals surface area contributed by atoms with Crippen molar-refractivity contribution < 1.29 is 26.4 Å². The van der Waals surface area contributed by atoms with Crippen molar-refractivity contribution in [2.75, 3.05) is 13.1 Å². The summed E-state index contributed by atoms with van der Waals surface area (Å²) in [6, 6.07) is 12.8. The number of carbonyl (C=O) groups is 1. The molecule has 0 heterocycles. The van der Waals surface area contributed by atoms with Crippen molar-refractivity contribution in [3.8, 4) is 0 Å². The first kappa shape index (κ1) is 20.9. The summed E-state index contributed by atoms with van der Waals surface area (Å²) in [7, 11) is -4.24. The van der Waals surface area contributed by atoms with Gasteiger partial charge in [0.1, 0.15) is 0 Å². The fourth-order valence-corrected chi connectivity index (χ4v) is 3.34. The standard InChI is InChI=1S/C18H19F3N2O3S/c1-13(14-6-3-2-4-7-14)11-22-17(24)12-23-27(25,26)16-9-5-8-15(10-16)18(19,20)21/h2-10,13,23H,11-12H2,1H3,(H,22,24). The molecule has 0 aliphatic heterocycles. The van der Waals surface area contributed by atoms with Crippen LogP contribution in [0.15, 0.2) is 59.5 Å². The van der Waals surface area contributed by atoms with Crippen LogP contribution in [0.1, 0.15) is 24.0 Å². The molecule has 0 aliphatic rings. The molecule has 2 N–H and O–H groups in total. The largest absolute Gasteiger partial charge is 0.416 e. The Morgan fingerprint density at radius 2 is 1.74 bits per heavy atom. The molecule has 9 heteroatoms. The van der Waals surface area contributed by atoms with Crippen LogP contribution in [0.5, 0.6) is 0 Å². The smallest absolute Gasteiger partial charge is 0.354 e. The van der Waals surface area contributed by atoms with Gasteiger partial charge >= 0.3 is 6.18 Å². The van der Waals surface area contributed by atoms with Crippen LogP contribution in [0.3, 0.4) is 0 Å². The predicted molar refractivity (Wildman–Crippen MR) is 94.5 cm³/mol. The molecule has 0 spiro atoms. The van der Waals surface area contributed by atoms with E-state index < -0.39 is 39.1 Å². The highest BCUT2D eigenvalue weighted by atomic mass is 32.2. The molecule has 0 saturated carbocycles. The summed E-state index contributed by atoms with van der Waals surface area (Å²) in [6.45, 7) is 1.64. The Morgan fingerprint density at radius 3 is 2.37 bits per heavy atom. The van der Waals surface area contributed by atoms with Crippen molar-refractivity contribution in [2.45, 2.75) is 23.9 Å². The minimum atomic E-state index is -4.66. The Labute approximate surface area is 155 Å². The van der Waals surface area contributed by atoms with Gasteiger partial charge in [0.05, 0.1) is 17.0 Å². The second kappa shape index (κ2) is 8.53. The third-order valence-electron chi connectivity index (χ3n) is 3.87. The Kier molecular flexibility index (Phi) is 6.61. The van der Waals surface area contributed by atoms with E-state index in [2.05, 4.69) is 5.32 Å². The maximum atomic E-state index is 12.7. The van der Waals surface area contributed by atoms with Gasteiger partial charge in [0, 0.05) is 6.54 Å². The van der Waals surface area contributed by atoms with Gasteiger partial charge in [0.15, 0.2) is 0 Å². The molecular formula is C18H19F3N2O3S. The highest BCUT2D eigenvalue weighted by Crippen LogP contribution is 2.30. The monoisotopic (exact) mass is 400 g/mol. The van der Waals surface area contributed by atoms with Crippen molar-refractivity contribution in [2.24, 2.45) is 0 Å². The van der Waals surface area contributed by atoms with Gasteiger partial charge in [-0.1, -0.05) is 43.3 Å². The highest BCUT2D eigenvalue weighted by molar-refractivity contribution is 7.89. The van der Waals surface area contributed by atoms with Gasteiger partial charge in [-0.05, 0) is 29.7 Å². The molecule has 0 aromatic heterocycles. The zero-order valence-corrected chi connectivity index (χ0v) is 15.3. The molecule has 0 saturated heterocycles. The van der Waals surface area contributed by atoms with Crippen LogP contribution in [-0.2, 0) is 21.0 Å². The first-order valence-corrected chi connectivity index (χ1v) is 9.56. The van der Waals surface area contributed by atoms with Crippen LogP contribution in [-0.4, -0.2) is 27.4 Å². The van der Waals surface area contributed by atoms with Crippen molar-refractivity contribution in [3.05, 3.63) is 65.7 Å². The lowest BCUT2D eigenvalue weighted by molar-refractivity contribution is -0.137. The van der Waals surface area contributed by atoms with Gasteiger partial charge in [-0.3, -0.25) is 4.79 Å². The van der Waals surface area contributed by atoms with Crippen LogP contribution in [0.4, 0.5) is 13.2 Å². The molecule has 1 amide bonds. The van der Waals surface area contributed by atoms with Gasteiger partial charge in [-0.25, -0.2) is 13.1 Å². The normalized spacial score (nSPS) is 13.2. The molecule has 1 atom stereocenters. The second-order valence-electron chi connectivity index (χ2n) is 5.97. The number of hydrogen-bond donors (Lipinski definition) is 2. The molecule has 146 valence electrons. The van der Waals surface area contributed by atoms with E-state index in [0.29, 0.717) is 12.6 Å². The summed E-state index contributed by atoms with van der Waals surface area (Å²) < 4.78 is 64.4. The lowest BCUT2D eigenvalue weighted by atomic mass is 10.0. The quantitative estimate of drug-likeness (QED) is 0.751. The molecule has 0 bridgehead atoms. The Hall–Kier alpha value is -2.39. The Balaban J connectivity index is 1.92. The maximum Gasteiger partial charge on any atom is 0.416 e. The number of carbonyl (C=O) groups excluding carboxylic acids is 1. The summed E-state index contributed by atoms with van der Waals surface area (Å²) in [6.07, 6.45) is -4.66. The topological polar surface area (TPSA) is 75.3 Å². The van der Waals surface area contributed by atoms with Crippen molar-refractivity contribution in [1.29, 1.82) is 0 Å². The minimum Gasteiger partial charge on any atom is -0.354 e. The predicted octanol–water partition coefficient (Wildman–Crippen LogP) is 2.90. The van der Waals surface area contributed by atoms with Gasteiger partial charge in [-0.2, -0.15) is 13.2 Å². The van der Waals surface area contributed by atoms with Crippen LogP contribution in [0.2, 0.25) is 0 Å². The summed E-state index contributed by atoms with van der Waals surface area (Å²) >= 11 is 0. The van der Waals surface area contributed by atoms with Crippen molar-refractivity contribution in [3.63, 3.8) is 0 Å². The van der Waals surface area contributed by atoms with E-state index in [1.807, 2.05) is 42.0 Å². The molecule has 27 heavy (non-hydrogen) atoms. The van der Waals surface area contributed by atoms with Gasteiger partial charge in [0.2, 0.25) is 15.9 Å². The van der Waals surface area contributed by atoms with Crippen molar-refractivity contribution >= 4 is 15.9 Å². The van der Waals surface area contributed by atoms with E-state index in [1.54, 1.807) is 0 Å². The summed E-state index contributed by atoms with van der Waals surface area (Å²) in [4.78, 5) is 11.3. The molecule has 2 aromatic carbocycles. The van der Waals surface area contributed by atoms with Crippen LogP contribution < -0.4 is 10.0 Å². The molecule has 0 radical (unpaired) electrons. The zero-order valence-electron chi connectivity index (χ0n) is 14.5. The third kappa shape index (κ3) is 6.07. The van der Waals surface area contributed by atoms with Gasteiger partial charge in [-0.15, -0.1) is 0 Å². The molecule has 0 fully saturated rings. The third-order valence-corrected chi connectivity index (χ3v) is 5.27. The summed E-state index contributed by atoms with van der Waals surface area (Å²) in [5.41, 5.74) is -0.0612. The fraction of sp³-hybridized carbons (Fsp3) is 0.278. The average Bonchev–Trinajstić information content (AvgIpc) is 2.64. The number of benzene rings is 2.